The minimum absolute atomic E-state index is 0.158. The summed E-state index contributed by atoms with van der Waals surface area (Å²) in [7, 11) is 0. The van der Waals surface area contributed by atoms with Crippen molar-refractivity contribution in [1.82, 2.24) is 10.2 Å². The molecule has 5 nitrogen and oxygen atoms in total. The number of carbonyl (C=O) groups excluding carboxylic acids is 3. The highest BCUT2D eigenvalue weighted by Gasteiger charge is 2.36. The minimum Gasteiger partial charge on any atom is -0.317 e. The van der Waals surface area contributed by atoms with E-state index in [9.17, 15) is 18.8 Å². The number of hydrogen-bond acceptors (Lipinski definition) is 3. The summed E-state index contributed by atoms with van der Waals surface area (Å²) in [5, 5.41) is 2.17. The zero-order valence-electron chi connectivity index (χ0n) is 10.7. The Kier molecular flexibility index (Phi) is 4.17. The van der Waals surface area contributed by atoms with Gasteiger partial charge in [-0.2, -0.15) is 0 Å². The molecule has 1 aromatic rings. The van der Waals surface area contributed by atoms with Gasteiger partial charge in [-0.25, -0.2) is 4.39 Å². The first-order valence-electron chi connectivity index (χ1n) is 6.03. The second-order valence-corrected chi connectivity index (χ2v) is 5.31. The Bertz CT molecular complexity index is 591. The Labute approximate surface area is 123 Å². The van der Waals surface area contributed by atoms with Crippen LogP contribution >= 0.6 is 15.9 Å². The van der Waals surface area contributed by atoms with Gasteiger partial charge in [0.1, 0.15) is 18.4 Å². The lowest BCUT2D eigenvalue weighted by atomic mass is 10.1. The van der Waals surface area contributed by atoms with Gasteiger partial charge in [0, 0.05) is 4.47 Å². The fraction of sp³-hybridized carbons (Fsp3) is 0.308. The monoisotopic (exact) mass is 342 g/mol. The second-order valence-electron chi connectivity index (χ2n) is 4.39. The smallest absolute Gasteiger partial charge is 0.257 e. The highest BCUT2D eigenvalue weighted by Crippen LogP contribution is 2.19. The molecule has 1 aromatic carbocycles. The van der Waals surface area contributed by atoms with Gasteiger partial charge in [-0.3, -0.25) is 19.7 Å². The maximum absolute atomic E-state index is 13.8. The molecule has 1 atom stereocenters. The third kappa shape index (κ3) is 2.72. The molecule has 1 heterocycles. The first kappa shape index (κ1) is 14.6. The molecule has 106 valence electrons. The van der Waals surface area contributed by atoms with Crippen molar-refractivity contribution < 1.29 is 18.8 Å². The lowest BCUT2D eigenvalue weighted by molar-refractivity contribution is -0.138. The Hall–Kier alpha value is -1.76. The molecule has 1 fully saturated rings. The van der Waals surface area contributed by atoms with Crippen LogP contribution in [0.2, 0.25) is 0 Å². The molecule has 2 rings (SSSR count). The fourth-order valence-corrected chi connectivity index (χ4v) is 2.44. The Morgan fingerprint density at radius 2 is 2.20 bits per heavy atom. The number of carbonyl (C=O) groups is 3. The van der Waals surface area contributed by atoms with Crippen molar-refractivity contribution in [3.63, 3.8) is 0 Å². The number of benzene rings is 1. The van der Waals surface area contributed by atoms with Crippen LogP contribution in [0.5, 0.6) is 0 Å². The molecular formula is C13H12BrFN2O3. The molecule has 1 saturated heterocycles. The molecule has 1 N–H and O–H groups in total. The molecule has 0 aliphatic carbocycles. The SMILES string of the molecule is CCC1C(=O)NC(=O)CN1C(=O)c1ccc(Br)cc1F. The largest absolute Gasteiger partial charge is 0.317 e. The summed E-state index contributed by atoms with van der Waals surface area (Å²) in [4.78, 5) is 36.5. The van der Waals surface area contributed by atoms with E-state index >= 15 is 0 Å². The van der Waals surface area contributed by atoms with E-state index in [2.05, 4.69) is 21.2 Å². The summed E-state index contributed by atoms with van der Waals surface area (Å²) in [6.07, 6.45) is 0.350. The van der Waals surface area contributed by atoms with Crippen molar-refractivity contribution in [2.45, 2.75) is 19.4 Å². The van der Waals surface area contributed by atoms with E-state index in [1.807, 2.05) is 0 Å². The van der Waals surface area contributed by atoms with Crippen molar-refractivity contribution >= 4 is 33.7 Å². The summed E-state index contributed by atoms with van der Waals surface area (Å²) < 4.78 is 14.3. The van der Waals surface area contributed by atoms with E-state index in [4.69, 9.17) is 0 Å². The first-order chi connectivity index (χ1) is 9.43. The van der Waals surface area contributed by atoms with Gasteiger partial charge >= 0.3 is 0 Å². The molecule has 0 bridgehead atoms. The topological polar surface area (TPSA) is 66.5 Å². The van der Waals surface area contributed by atoms with Crippen LogP contribution in [0, 0.1) is 5.82 Å². The molecule has 1 aliphatic rings. The van der Waals surface area contributed by atoms with E-state index in [0.717, 1.165) is 4.90 Å². The normalized spacial score (nSPS) is 18.9. The Balaban J connectivity index is 2.34. The van der Waals surface area contributed by atoms with Crippen LogP contribution in [0.3, 0.4) is 0 Å². The van der Waals surface area contributed by atoms with Crippen molar-refractivity contribution in [2.24, 2.45) is 0 Å². The number of imide groups is 1. The Morgan fingerprint density at radius 1 is 1.50 bits per heavy atom. The average molecular weight is 343 g/mol. The molecule has 0 aromatic heterocycles. The molecule has 3 amide bonds. The van der Waals surface area contributed by atoms with Crippen molar-refractivity contribution in [2.75, 3.05) is 6.54 Å². The van der Waals surface area contributed by atoms with Crippen molar-refractivity contribution in [3.8, 4) is 0 Å². The second kappa shape index (κ2) is 5.70. The van der Waals surface area contributed by atoms with Crippen LogP contribution in [0.15, 0.2) is 22.7 Å². The van der Waals surface area contributed by atoms with Crippen LogP contribution in [-0.4, -0.2) is 35.2 Å². The highest BCUT2D eigenvalue weighted by molar-refractivity contribution is 9.10. The number of amides is 3. The molecule has 0 saturated carbocycles. The lowest BCUT2D eigenvalue weighted by Crippen LogP contribution is -2.59. The third-order valence-corrected chi connectivity index (χ3v) is 3.56. The third-order valence-electron chi connectivity index (χ3n) is 3.06. The van der Waals surface area contributed by atoms with Crippen LogP contribution in [0.1, 0.15) is 23.7 Å². The zero-order valence-corrected chi connectivity index (χ0v) is 12.2. The van der Waals surface area contributed by atoms with E-state index in [-0.39, 0.29) is 12.1 Å². The van der Waals surface area contributed by atoms with E-state index < -0.39 is 29.6 Å². The maximum atomic E-state index is 13.8. The van der Waals surface area contributed by atoms with Crippen LogP contribution < -0.4 is 5.32 Å². The number of nitrogens with one attached hydrogen (secondary N) is 1. The van der Waals surface area contributed by atoms with Crippen LogP contribution in [0.25, 0.3) is 0 Å². The number of halogens is 2. The first-order valence-corrected chi connectivity index (χ1v) is 6.83. The maximum Gasteiger partial charge on any atom is 0.257 e. The standard InChI is InChI=1S/C13H12BrFN2O3/c1-2-10-12(19)16-11(18)6-17(10)13(20)8-4-3-7(14)5-9(8)15/h3-5,10H,2,6H2,1H3,(H,16,18,19). The van der Waals surface area contributed by atoms with Gasteiger partial charge in [-0.1, -0.05) is 22.9 Å². The van der Waals surface area contributed by atoms with Gasteiger partial charge in [0.2, 0.25) is 11.8 Å². The molecular weight excluding hydrogens is 331 g/mol. The van der Waals surface area contributed by atoms with Crippen LogP contribution in [-0.2, 0) is 9.59 Å². The van der Waals surface area contributed by atoms with Gasteiger partial charge in [0.05, 0.1) is 5.56 Å². The quantitative estimate of drug-likeness (QED) is 0.827. The summed E-state index contributed by atoms with van der Waals surface area (Å²) in [5.41, 5.74) is -0.158. The van der Waals surface area contributed by atoms with E-state index in [1.165, 1.54) is 18.2 Å². The Morgan fingerprint density at radius 3 is 2.80 bits per heavy atom. The summed E-state index contributed by atoms with van der Waals surface area (Å²) in [6.45, 7) is 1.47. The summed E-state index contributed by atoms with van der Waals surface area (Å²) in [5.74, 6) is -2.46. The molecule has 0 radical (unpaired) electrons. The van der Waals surface area contributed by atoms with Crippen molar-refractivity contribution in [3.05, 3.63) is 34.1 Å². The average Bonchev–Trinajstić information content (AvgIpc) is 2.37. The van der Waals surface area contributed by atoms with Crippen molar-refractivity contribution in [1.29, 1.82) is 0 Å². The highest BCUT2D eigenvalue weighted by atomic mass is 79.9. The van der Waals surface area contributed by atoms with Gasteiger partial charge in [-0.05, 0) is 24.6 Å². The molecule has 7 heteroatoms. The number of hydrogen-bond donors (Lipinski definition) is 1. The van der Waals surface area contributed by atoms with Gasteiger partial charge in [0.15, 0.2) is 0 Å². The molecule has 1 unspecified atom stereocenters. The summed E-state index contributed by atoms with van der Waals surface area (Å²) in [6, 6.07) is 3.26. The predicted octanol–water partition coefficient (Wildman–Crippen LogP) is 1.47. The number of nitrogens with zero attached hydrogens (tertiary/aromatic N) is 1. The lowest BCUT2D eigenvalue weighted by Gasteiger charge is -2.33. The number of piperazine rings is 1. The zero-order chi connectivity index (χ0) is 14.9. The molecule has 1 aliphatic heterocycles. The van der Waals surface area contributed by atoms with Gasteiger partial charge in [0.25, 0.3) is 5.91 Å². The summed E-state index contributed by atoms with van der Waals surface area (Å²) >= 11 is 3.10. The van der Waals surface area contributed by atoms with E-state index in [0.29, 0.717) is 10.9 Å². The molecule has 0 spiro atoms. The number of rotatable bonds is 2. The minimum atomic E-state index is -0.761. The van der Waals surface area contributed by atoms with Crippen LogP contribution in [0.4, 0.5) is 4.39 Å². The van der Waals surface area contributed by atoms with E-state index in [1.54, 1.807) is 6.92 Å². The molecule has 20 heavy (non-hydrogen) atoms. The van der Waals surface area contributed by atoms with Gasteiger partial charge in [-0.15, -0.1) is 0 Å². The van der Waals surface area contributed by atoms with Gasteiger partial charge < -0.3 is 4.90 Å². The fourth-order valence-electron chi connectivity index (χ4n) is 2.10. The predicted molar refractivity (Wildman–Crippen MR) is 72.4 cm³/mol.